The summed E-state index contributed by atoms with van der Waals surface area (Å²) in [5.41, 5.74) is 1.31. The molecule has 0 saturated carbocycles. The number of nitrogens with zero attached hydrogens (tertiary/aromatic N) is 1. The fourth-order valence-corrected chi connectivity index (χ4v) is 2.82. The summed E-state index contributed by atoms with van der Waals surface area (Å²) in [6, 6.07) is 10.2. The van der Waals surface area contributed by atoms with Crippen molar-refractivity contribution in [2.45, 2.75) is 6.54 Å². The van der Waals surface area contributed by atoms with Gasteiger partial charge < -0.3 is 19.7 Å². The second-order valence-corrected chi connectivity index (χ2v) is 6.18. The van der Waals surface area contributed by atoms with Gasteiger partial charge in [-0.2, -0.15) is 0 Å². The largest absolute Gasteiger partial charge is 0.483 e. The van der Waals surface area contributed by atoms with E-state index in [0.29, 0.717) is 22.4 Å². The molecule has 0 saturated heterocycles. The Hall–Kier alpha value is -3.42. The van der Waals surface area contributed by atoms with Gasteiger partial charge in [-0.05, 0) is 42.5 Å². The number of methoxy groups -OCH3 is 1. The van der Waals surface area contributed by atoms with Crippen molar-refractivity contribution in [2.24, 2.45) is 0 Å². The lowest BCUT2D eigenvalue weighted by Crippen LogP contribution is -2.39. The Labute approximate surface area is 161 Å². The van der Waals surface area contributed by atoms with E-state index in [4.69, 9.17) is 4.74 Å². The van der Waals surface area contributed by atoms with Gasteiger partial charge in [-0.25, -0.2) is 9.18 Å². The van der Waals surface area contributed by atoms with Gasteiger partial charge in [-0.3, -0.25) is 9.59 Å². The Morgan fingerprint density at radius 3 is 2.61 bits per heavy atom. The van der Waals surface area contributed by atoms with Crippen molar-refractivity contribution >= 4 is 17.8 Å². The van der Waals surface area contributed by atoms with E-state index in [9.17, 15) is 18.8 Å². The van der Waals surface area contributed by atoms with E-state index in [1.807, 2.05) is 0 Å². The Morgan fingerprint density at radius 1 is 1.18 bits per heavy atom. The highest BCUT2D eigenvalue weighted by Crippen LogP contribution is 2.24. The highest BCUT2D eigenvalue weighted by atomic mass is 19.1. The van der Waals surface area contributed by atoms with Crippen LogP contribution in [0.1, 0.15) is 26.3 Å². The summed E-state index contributed by atoms with van der Waals surface area (Å²) in [5.74, 6) is -0.979. The molecule has 0 aromatic heterocycles. The van der Waals surface area contributed by atoms with Crippen LogP contribution in [0.4, 0.5) is 4.39 Å². The van der Waals surface area contributed by atoms with Gasteiger partial charge in [-0.15, -0.1) is 0 Å². The lowest BCUT2D eigenvalue weighted by molar-refractivity contribution is -0.133. The number of ether oxygens (including phenoxy) is 2. The standard InChI is InChI=1S/C20H19FN2O5/c1-27-20(26)14-4-2-13(3-5-14)19(25)22-8-9-23-11-15-10-16(21)6-7-17(15)28-12-18(23)24/h2-7,10H,8-9,11-12H2,1H3,(H,22,25). The summed E-state index contributed by atoms with van der Waals surface area (Å²) in [6.07, 6.45) is 0. The summed E-state index contributed by atoms with van der Waals surface area (Å²) < 4.78 is 23.5. The first-order valence-electron chi connectivity index (χ1n) is 8.63. The number of amides is 2. The Kier molecular flexibility index (Phi) is 5.88. The lowest BCUT2D eigenvalue weighted by Gasteiger charge is -2.20. The monoisotopic (exact) mass is 386 g/mol. The number of hydrogen-bond acceptors (Lipinski definition) is 5. The van der Waals surface area contributed by atoms with Crippen LogP contribution < -0.4 is 10.1 Å². The Balaban J connectivity index is 1.57. The topological polar surface area (TPSA) is 84.9 Å². The summed E-state index contributed by atoms with van der Waals surface area (Å²) in [4.78, 5) is 37.3. The minimum Gasteiger partial charge on any atom is -0.483 e. The minimum absolute atomic E-state index is 0.137. The zero-order chi connectivity index (χ0) is 20.1. The fraction of sp³-hybridized carbons (Fsp3) is 0.250. The maximum absolute atomic E-state index is 13.5. The molecule has 1 aliphatic heterocycles. The molecule has 0 atom stereocenters. The number of rotatable bonds is 5. The predicted molar refractivity (Wildman–Crippen MR) is 97.4 cm³/mol. The molecule has 0 spiro atoms. The van der Waals surface area contributed by atoms with E-state index < -0.39 is 11.8 Å². The number of hydrogen-bond donors (Lipinski definition) is 1. The van der Waals surface area contributed by atoms with Gasteiger partial charge in [0.1, 0.15) is 11.6 Å². The molecular formula is C20H19FN2O5. The van der Waals surface area contributed by atoms with E-state index in [0.717, 1.165) is 0 Å². The molecule has 8 heteroatoms. The van der Waals surface area contributed by atoms with Crippen molar-refractivity contribution in [2.75, 3.05) is 26.8 Å². The third kappa shape index (κ3) is 4.46. The molecule has 0 aliphatic carbocycles. The minimum atomic E-state index is -0.481. The van der Waals surface area contributed by atoms with Gasteiger partial charge in [0.2, 0.25) is 0 Å². The third-order valence-electron chi connectivity index (χ3n) is 4.32. The van der Waals surface area contributed by atoms with Gasteiger partial charge in [0.05, 0.1) is 12.7 Å². The fourth-order valence-electron chi connectivity index (χ4n) is 2.82. The molecule has 0 fully saturated rings. The highest BCUT2D eigenvalue weighted by molar-refractivity contribution is 5.96. The first kappa shape index (κ1) is 19.3. The van der Waals surface area contributed by atoms with Gasteiger partial charge in [0.15, 0.2) is 6.61 Å². The quantitative estimate of drug-likeness (QED) is 0.792. The van der Waals surface area contributed by atoms with E-state index in [-0.39, 0.29) is 38.1 Å². The average Bonchev–Trinajstić information content (AvgIpc) is 2.86. The zero-order valence-electron chi connectivity index (χ0n) is 15.2. The molecule has 0 unspecified atom stereocenters. The van der Waals surface area contributed by atoms with Gasteiger partial charge >= 0.3 is 5.97 Å². The highest BCUT2D eigenvalue weighted by Gasteiger charge is 2.22. The SMILES string of the molecule is COC(=O)c1ccc(C(=O)NCCN2Cc3cc(F)ccc3OCC2=O)cc1. The van der Waals surface area contributed by atoms with E-state index in [1.54, 1.807) is 0 Å². The van der Waals surface area contributed by atoms with Crippen molar-refractivity contribution < 1.29 is 28.2 Å². The molecule has 0 bridgehead atoms. The molecule has 2 amide bonds. The van der Waals surface area contributed by atoms with Crippen LogP contribution >= 0.6 is 0 Å². The molecule has 1 aliphatic rings. The van der Waals surface area contributed by atoms with Crippen molar-refractivity contribution in [1.29, 1.82) is 0 Å². The van der Waals surface area contributed by atoms with Crippen molar-refractivity contribution in [3.63, 3.8) is 0 Å². The zero-order valence-corrected chi connectivity index (χ0v) is 15.2. The molecule has 146 valence electrons. The number of fused-ring (bicyclic) bond motifs is 1. The van der Waals surface area contributed by atoms with Crippen molar-refractivity contribution in [3.05, 3.63) is 65.0 Å². The molecule has 2 aromatic carbocycles. The molecule has 3 rings (SSSR count). The molecule has 1 heterocycles. The van der Waals surface area contributed by atoms with Crippen LogP contribution in [0.5, 0.6) is 5.75 Å². The van der Waals surface area contributed by atoms with E-state index in [2.05, 4.69) is 10.1 Å². The maximum Gasteiger partial charge on any atom is 0.337 e. The molecule has 2 aromatic rings. The summed E-state index contributed by atoms with van der Waals surface area (Å²) in [5, 5.41) is 2.72. The van der Waals surface area contributed by atoms with Crippen LogP contribution in [0.15, 0.2) is 42.5 Å². The van der Waals surface area contributed by atoms with Gasteiger partial charge in [0, 0.05) is 30.8 Å². The van der Waals surface area contributed by atoms with Crippen LogP contribution in [0.25, 0.3) is 0 Å². The number of halogens is 1. The molecule has 0 radical (unpaired) electrons. The van der Waals surface area contributed by atoms with Crippen LogP contribution in [-0.2, 0) is 16.1 Å². The first-order valence-corrected chi connectivity index (χ1v) is 8.63. The van der Waals surface area contributed by atoms with Gasteiger partial charge in [-0.1, -0.05) is 0 Å². The summed E-state index contributed by atoms with van der Waals surface area (Å²) in [7, 11) is 1.28. The van der Waals surface area contributed by atoms with Crippen LogP contribution in [0.3, 0.4) is 0 Å². The van der Waals surface area contributed by atoms with Gasteiger partial charge in [0.25, 0.3) is 11.8 Å². The van der Waals surface area contributed by atoms with Crippen LogP contribution in [-0.4, -0.2) is 49.5 Å². The molecule has 7 nitrogen and oxygen atoms in total. The normalized spacial score (nSPS) is 13.2. The predicted octanol–water partition coefficient (Wildman–Crippen LogP) is 1.76. The van der Waals surface area contributed by atoms with Crippen LogP contribution in [0.2, 0.25) is 0 Å². The Morgan fingerprint density at radius 2 is 1.89 bits per heavy atom. The number of esters is 1. The lowest BCUT2D eigenvalue weighted by atomic mass is 10.1. The molecule has 1 N–H and O–H groups in total. The third-order valence-corrected chi connectivity index (χ3v) is 4.32. The number of nitrogens with one attached hydrogen (secondary N) is 1. The summed E-state index contributed by atoms with van der Waals surface area (Å²) >= 11 is 0. The number of carbonyl (C=O) groups excluding carboxylic acids is 3. The molecular weight excluding hydrogens is 367 g/mol. The second-order valence-electron chi connectivity index (χ2n) is 6.18. The number of benzene rings is 2. The smallest absolute Gasteiger partial charge is 0.337 e. The average molecular weight is 386 g/mol. The Bertz CT molecular complexity index is 898. The maximum atomic E-state index is 13.5. The first-order chi connectivity index (χ1) is 13.5. The van der Waals surface area contributed by atoms with E-state index in [1.165, 1.54) is 54.5 Å². The second kappa shape index (κ2) is 8.51. The molecule has 28 heavy (non-hydrogen) atoms. The van der Waals surface area contributed by atoms with Crippen molar-refractivity contribution in [3.8, 4) is 5.75 Å². The van der Waals surface area contributed by atoms with E-state index >= 15 is 0 Å². The van der Waals surface area contributed by atoms with Crippen LogP contribution in [0, 0.1) is 5.82 Å². The summed E-state index contributed by atoms with van der Waals surface area (Å²) in [6.45, 7) is 0.537. The number of carbonyl (C=O) groups is 3. The van der Waals surface area contributed by atoms with Crippen molar-refractivity contribution in [1.82, 2.24) is 10.2 Å².